The van der Waals surface area contributed by atoms with Gasteiger partial charge in [0.05, 0.1) is 10.6 Å². The van der Waals surface area contributed by atoms with Crippen molar-refractivity contribution >= 4 is 21.6 Å². The lowest BCUT2D eigenvalue weighted by atomic mass is 10.2. The van der Waals surface area contributed by atoms with E-state index in [1.165, 1.54) is 4.31 Å². The summed E-state index contributed by atoms with van der Waals surface area (Å²) in [5.74, 6) is 0.550. The van der Waals surface area contributed by atoms with Gasteiger partial charge >= 0.3 is 0 Å². The molecule has 0 aromatic heterocycles. The van der Waals surface area contributed by atoms with Gasteiger partial charge in [0.25, 0.3) is 10.0 Å². The summed E-state index contributed by atoms with van der Waals surface area (Å²) in [6.07, 6.45) is 2.47. The number of rotatable bonds is 8. The molecule has 0 heterocycles. The predicted molar refractivity (Wildman–Crippen MR) is 116 cm³/mol. The molecular weight excluding hydrogens is 384 g/mol. The van der Waals surface area contributed by atoms with E-state index >= 15 is 0 Å². The van der Waals surface area contributed by atoms with Gasteiger partial charge in [-0.1, -0.05) is 35.4 Å². The lowest BCUT2D eigenvalue weighted by molar-refractivity contribution is -0.131. The predicted octanol–water partition coefficient (Wildman–Crippen LogP) is 4.15. The fourth-order valence-electron chi connectivity index (χ4n) is 3.43. The summed E-state index contributed by atoms with van der Waals surface area (Å²) in [6.45, 7) is 6.06. The number of hydrogen-bond donors (Lipinski definition) is 0. The maximum atomic E-state index is 13.4. The van der Waals surface area contributed by atoms with Crippen molar-refractivity contribution in [2.45, 2.75) is 51.0 Å². The fourth-order valence-corrected chi connectivity index (χ4v) is 4.90. The summed E-state index contributed by atoms with van der Waals surface area (Å²) < 4.78 is 28.1. The number of anilines is 1. The Morgan fingerprint density at radius 2 is 1.52 bits per heavy atom. The molecular formula is C23H30N2O3S. The van der Waals surface area contributed by atoms with E-state index in [4.69, 9.17) is 0 Å². The van der Waals surface area contributed by atoms with Gasteiger partial charge in [0, 0.05) is 26.1 Å². The monoisotopic (exact) mass is 414 g/mol. The van der Waals surface area contributed by atoms with Crippen LogP contribution in [0.2, 0.25) is 0 Å². The van der Waals surface area contributed by atoms with Gasteiger partial charge in [0.15, 0.2) is 0 Å². The molecule has 1 aliphatic rings. The molecule has 29 heavy (non-hydrogen) atoms. The van der Waals surface area contributed by atoms with Crippen molar-refractivity contribution in [2.24, 2.45) is 5.92 Å². The second kappa shape index (κ2) is 8.57. The summed E-state index contributed by atoms with van der Waals surface area (Å²) in [5, 5.41) is 0. The first-order valence-electron chi connectivity index (χ1n) is 10.1. The SMILES string of the molecule is Cc1ccc(N(CCC(=O)N(C)C(C)C2CC2)S(=O)(=O)c2ccc(C)cc2)cc1. The number of carbonyl (C=O) groups excluding carboxylic acids is 1. The van der Waals surface area contributed by atoms with E-state index < -0.39 is 10.0 Å². The van der Waals surface area contributed by atoms with E-state index in [-0.39, 0.29) is 29.8 Å². The fraction of sp³-hybridized carbons (Fsp3) is 0.435. The van der Waals surface area contributed by atoms with Crippen LogP contribution >= 0.6 is 0 Å². The van der Waals surface area contributed by atoms with Gasteiger partial charge in [-0.3, -0.25) is 9.10 Å². The summed E-state index contributed by atoms with van der Waals surface area (Å²) in [4.78, 5) is 14.7. The maximum absolute atomic E-state index is 13.4. The highest BCUT2D eigenvalue weighted by atomic mass is 32.2. The molecule has 6 heteroatoms. The van der Waals surface area contributed by atoms with Gasteiger partial charge in [-0.25, -0.2) is 8.42 Å². The molecule has 5 nitrogen and oxygen atoms in total. The number of sulfonamides is 1. The van der Waals surface area contributed by atoms with Crippen molar-refractivity contribution in [1.82, 2.24) is 4.90 Å². The zero-order chi connectivity index (χ0) is 21.2. The Balaban J connectivity index is 1.84. The zero-order valence-corrected chi connectivity index (χ0v) is 18.4. The van der Waals surface area contributed by atoms with Crippen LogP contribution in [-0.4, -0.2) is 38.9 Å². The Morgan fingerprint density at radius 3 is 2.03 bits per heavy atom. The molecule has 1 amide bonds. The highest BCUT2D eigenvalue weighted by molar-refractivity contribution is 7.92. The molecule has 156 valence electrons. The quantitative estimate of drug-likeness (QED) is 0.652. The van der Waals surface area contributed by atoms with E-state index in [1.807, 2.05) is 33.0 Å². The molecule has 0 aliphatic heterocycles. The van der Waals surface area contributed by atoms with Gasteiger partial charge in [-0.15, -0.1) is 0 Å². The summed E-state index contributed by atoms with van der Waals surface area (Å²) >= 11 is 0. The van der Waals surface area contributed by atoms with Crippen molar-refractivity contribution in [3.8, 4) is 0 Å². The highest BCUT2D eigenvalue weighted by Gasteiger charge is 2.33. The molecule has 0 saturated heterocycles. The van der Waals surface area contributed by atoms with Crippen LogP contribution in [0.4, 0.5) is 5.69 Å². The second-order valence-electron chi connectivity index (χ2n) is 8.06. The zero-order valence-electron chi connectivity index (χ0n) is 17.6. The Labute approximate surface area is 174 Å². The molecule has 1 atom stereocenters. The van der Waals surface area contributed by atoms with Crippen LogP contribution in [0.1, 0.15) is 37.3 Å². The molecule has 1 saturated carbocycles. The minimum Gasteiger partial charge on any atom is -0.343 e. The lowest BCUT2D eigenvalue weighted by Gasteiger charge is -2.28. The Kier molecular flexibility index (Phi) is 6.32. The lowest BCUT2D eigenvalue weighted by Crippen LogP contribution is -2.40. The third-order valence-electron chi connectivity index (χ3n) is 5.77. The van der Waals surface area contributed by atoms with Crippen molar-refractivity contribution in [2.75, 3.05) is 17.9 Å². The van der Waals surface area contributed by atoms with E-state index in [1.54, 1.807) is 41.3 Å². The molecule has 0 bridgehead atoms. The molecule has 2 aromatic rings. The van der Waals surface area contributed by atoms with Gasteiger partial charge in [-0.05, 0) is 63.8 Å². The Morgan fingerprint density at radius 1 is 1.00 bits per heavy atom. The first kappa shape index (κ1) is 21.4. The van der Waals surface area contributed by atoms with Gasteiger partial charge in [0.1, 0.15) is 0 Å². The third kappa shape index (κ3) is 4.99. The molecule has 1 aliphatic carbocycles. The van der Waals surface area contributed by atoms with Crippen LogP contribution in [-0.2, 0) is 14.8 Å². The largest absolute Gasteiger partial charge is 0.343 e. The molecule has 0 radical (unpaired) electrons. The minimum absolute atomic E-state index is 0.0272. The third-order valence-corrected chi connectivity index (χ3v) is 7.61. The van der Waals surface area contributed by atoms with Crippen LogP contribution in [0.3, 0.4) is 0 Å². The maximum Gasteiger partial charge on any atom is 0.264 e. The van der Waals surface area contributed by atoms with Gasteiger partial charge < -0.3 is 4.90 Å². The van der Waals surface area contributed by atoms with Crippen LogP contribution in [0.25, 0.3) is 0 Å². The molecule has 2 aromatic carbocycles. The second-order valence-corrected chi connectivity index (χ2v) is 9.92. The van der Waals surface area contributed by atoms with Crippen molar-refractivity contribution in [3.05, 3.63) is 59.7 Å². The normalized spacial score (nSPS) is 15.0. The summed E-state index contributed by atoms with van der Waals surface area (Å²) in [5.41, 5.74) is 2.62. The standard InChI is InChI=1S/C23H30N2O3S/c1-17-5-11-21(12-6-17)25(29(27,28)22-13-7-18(2)8-14-22)16-15-23(26)24(4)19(3)20-9-10-20/h5-8,11-14,19-20H,9-10,15-16H2,1-4H3. The summed E-state index contributed by atoms with van der Waals surface area (Å²) in [6, 6.07) is 14.4. The number of hydrogen-bond acceptors (Lipinski definition) is 3. The topological polar surface area (TPSA) is 57.7 Å². The highest BCUT2D eigenvalue weighted by Crippen LogP contribution is 2.35. The smallest absolute Gasteiger partial charge is 0.264 e. The van der Waals surface area contributed by atoms with E-state index in [2.05, 4.69) is 6.92 Å². The van der Waals surface area contributed by atoms with Gasteiger partial charge in [0.2, 0.25) is 5.91 Å². The number of aryl methyl sites for hydroxylation is 2. The molecule has 1 unspecified atom stereocenters. The van der Waals surface area contributed by atoms with Crippen LogP contribution in [0, 0.1) is 19.8 Å². The van der Waals surface area contributed by atoms with E-state index in [0.717, 1.165) is 24.0 Å². The average molecular weight is 415 g/mol. The minimum atomic E-state index is -3.77. The van der Waals surface area contributed by atoms with Crippen LogP contribution < -0.4 is 4.31 Å². The average Bonchev–Trinajstić information content (AvgIpc) is 3.53. The first-order valence-corrected chi connectivity index (χ1v) is 11.6. The summed E-state index contributed by atoms with van der Waals surface area (Å²) in [7, 11) is -1.95. The van der Waals surface area contributed by atoms with Crippen molar-refractivity contribution in [1.29, 1.82) is 0 Å². The Bertz CT molecular complexity index is 949. The molecule has 3 rings (SSSR count). The van der Waals surface area contributed by atoms with E-state index in [0.29, 0.717) is 11.6 Å². The van der Waals surface area contributed by atoms with Gasteiger partial charge in [-0.2, -0.15) is 0 Å². The molecule has 0 spiro atoms. The van der Waals surface area contributed by atoms with Crippen LogP contribution in [0.5, 0.6) is 0 Å². The number of amides is 1. The van der Waals surface area contributed by atoms with Crippen LogP contribution in [0.15, 0.2) is 53.4 Å². The van der Waals surface area contributed by atoms with Crippen molar-refractivity contribution < 1.29 is 13.2 Å². The number of benzene rings is 2. The molecule has 1 fully saturated rings. The molecule has 0 N–H and O–H groups in total. The van der Waals surface area contributed by atoms with Crippen molar-refractivity contribution in [3.63, 3.8) is 0 Å². The van der Waals surface area contributed by atoms with E-state index in [9.17, 15) is 13.2 Å². The Hall–Kier alpha value is -2.34. The number of carbonyl (C=O) groups is 1. The number of nitrogens with zero attached hydrogens (tertiary/aromatic N) is 2. The first-order chi connectivity index (χ1) is 13.7.